The van der Waals surface area contributed by atoms with Crippen molar-refractivity contribution in [2.45, 2.75) is 6.92 Å². The smallest absolute Gasteiger partial charge is 0.262 e. The summed E-state index contributed by atoms with van der Waals surface area (Å²) in [6.45, 7) is 1.77. The zero-order valence-electron chi connectivity index (χ0n) is 17.3. The Bertz CT molecular complexity index is 1460. The second-order valence-electron chi connectivity index (χ2n) is 7.48. The van der Waals surface area contributed by atoms with Crippen molar-refractivity contribution in [1.29, 1.82) is 0 Å². The normalized spacial score (nSPS) is 11.1. The summed E-state index contributed by atoms with van der Waals surface area (Å²) in [5.74, 6) is 0.827. The van der Waals surface area contributed by atoms with E-state index in [0.29, 0.717) is 22.4 Å². The number of anilines is 1. The lowest BCUT2D eigenvalue weighted by molar-refractivity contribution is -0.118. The molecule has 5 rings (SSSR count). The molecule has 0 aliphatic rings. The first kappa shape index (κ1) is 20.1. The number of oxazole rings is 1. The van der Waals surface area contributed by atoms with E-state index in [-0.39, 0.29) is 12.5 Å². The molecular formula is C26H19ClN2O3. The molecule has 1 aromatic heterocycles. The molecular weight excluding hydrogens is 424 g/mol. The van der Waals surface area contributed by atoms with Crippen LogP contribution in [-0.4, -0.2) is 17.5 Å². The molecule has 4 aromatic carbocycles. The number of aryl methyl sites for hydroxylation is 1. The summed E-state index contributed by atoms with van der Waals surface area (Å²) in [6, 6.07) is 24.7. The van der Waals surface area contributed by atoms with Crippen molar-refractivity contribution in [3.63, 3.8) is 0 Å². The quantitative estimate of drug-likeness (QED) is 0.332. The fourth-order valence-corrected chi connectivity index (χ4v) is 3.69. The number of carbonyl (C=O) groups excluding carboxylic acids is 1. The Morgan fingerprint density at radius 2 is 1.91 bits per heavy atom. The number of fused-ring (bicyclic) bond motifs is 3. The Hall–Kier alpha value is -3.83. The number of aromatic nitrogens is 1. The predicted molar refractivity (Wildman–Crippen MR) is 127 cm³/mol. The lowest BCUT2D eigenvalue weighted by Crippen LogP contribution is -2.20. The first-order valence-corrected chi connectivity index (χ1v) is 10.5. The van der Waals surface area contributed by atoms with Gasteiger partial charge in [0.25, 0.3) is 5.91 Å². The van der Waals surface area contributed by atoms with Crippen molar-refractivity contribution in [3.05, 3.63) is 89.4 Å². The molecule has 0 fully saturated rings. The Morgan fingerprint density at radius 1 is 1.03 bits per heavy atom. The van der Waals surface area contributed by atoms with Crippen LogP contribution >= 0.6 is 11.6 Å². The van der Waals surface area contributed by atoms with Gasteiger partial charge in [0.15, 0.2) is 12.2 Å². The minimum absolute atomic E-state index is 0.111. The Labute approximate surface area is 189 Å². The highest BCUT2D eigenvalue weighted by atomic mass is 35.5. The maximum atomic E-state index is 12.4. The van der Waals surface area contributed by atoms with Crippen LogP contribution in [-0.2, 0) is 4.79 Å². The Morgan fingerprint density at radius 3 is 2.78 bits per heavy atom. The second-order valence-corrected chi connectivity index (χ2v) is 7.89. The van der Waals surface area contributed by atoms with E-state index in [4.69, 9.17) is 25.7 Å². The van der Waals surface area contributed by atoms with Crippen molar-refractivity contribution < 1.29 is 13.9 Å². The molecule has 0 spiro atoms. The SMILES string of the molecule is Cc1cc(OCC(=O)Nc2cccc(-c3nc4c(ccc5ccccc54)o3)c2)ccc1Cl. The van der Waals surface area contributed by atoms with E-state index in [1.54, 1.807) is 18.2 Å². The number of halogens is 1. The summed E-state index contributed by atoms with van der Waals surface area (Å²) >= 11 is 6.02. The lowest BCUT2D eigenvalue weighted by Gasteiger charge is -2.09. The van der Waals surface area contributed by atoms with Gasteiger partial charge in [-0.1, -0.05) is 48.0 Å². The van der Waals surface area contributed by atoms with Crippen molar-refractivity contribution in [3.8, 4) is 17.2 Å². The fourth-order valence-electron chi connectivity index (χ4n) is 3.57. The van der Waals surface area contributed by atoms with Gasteiger partial charge in [-0.05, 0) is 60.3 Å². The molecule has 0 saturated carbocycles. The minimum atomic E-state index is -0.265. The number of carbonyl (C=O) groups is 1. The van der Waals surface area contributed by atoms with E-state index in [1.165, 1.54) is 0 Å². The maximum Gasteiger partial charge on any atom is 0.262 e. The van der Waals surface area contributed by atoms with Crippen molar-refractivity contribution in [1.82, 2.24) is 4.98 Å². The van der Waals surface area contributed by atoms with Gasteiger partial charge in [-0.15, -0.1) is 0 Å². The number of nitrogens with zero attached hydrogens (tertiary/aromatic N) is 1. The zero-order chi connectivity index (χ0) is 22.1. The van der Waals surface area contributed by atoms with E-state index < -0.39 is 0 Å². The molecule has 0 aliphatic heterocycles. The van der Waals surface area contributed by atoms with Crippen LogP contribution in [0.4, 0.5) is 5.69 Å². The average molecular weight is 443 g/mol. The molecule has 0 unspecified atom stereocenters. The van der Waals surface area contributed by atoms with Gasteiger partial charge < -0.3 is 14.5 Å². The molecule has 5 aromatic rings. The average Bonchev–Trinajstić information content (AvgIpc) is 3.25. The summed E-state index contributed by atoms with van der Waals surface area (Å²) in [5.41, 5.74) is 3.84. The molecule has 6 heteroatoms. The highest BCUT2D eigenvalue weighted by Gasteiger charge is 2.12. The first-order chi connectivity index (χ1) is 15.6. The molecule has 0 aliphatic carbocycles. The summed E-state index contributed by atoms with van der Waals surface area (Å²) in [5, 5.41) is 5.66. The number of rotatable bonds is 5. The molecule has 32 heavy (non-hydrogen) atoms. The van der Waals surface area contributed by atoms with Gasteiger partial charge in [0.2, 0.25) is 5.89 Å². The van der Waals surface area contributed by atoms with Crippen molar-refractivity contribution in [2.24, 2.45) is 0 Å². The standard InChI is InChI=1S/C26H19ClN2O3/c1-16-13-20(10-11-22(16)27)31-15-24(30)28-19-7-4-6-18(14-19)26-29-25-21-8-3-2-5-17(21)9-12-23(25)32-26/h2-14H,15H2,1H3,(H,28,30). The molecule has 1 amide bonds. The molecule has 1 N–H and O–H groups in total. The van der Waals surface area contributed by atoms with Crippen LogP contribution in [0.3, 0.4) is 0 Å². The zero-order valence-corrected chi connectivity index (χ0v) is 18.0. The van der Waals surface area contributed by atoms with Crippen LogP contribution < -0.4 is 10.1 Å². The van der Waals surface area contributed by atoms with Gasteiger partial charge in [0, 0.05) is 21.7 Å². The highest BCUT2D eigenvalue weighted by Crippen LogP contribution is 2.30. The van der Waals surface area contributed by atoms with Gasteiger partial charge in [-0.2, -0.15) is 0 Å². The molecule has 0 saturated heterocycles. The topological polar surface area (TPSA) is 64.4 Å². The van der Waals surface area contributed by atoms with Crippen LogP contribution in [0.25, 0.3) is 33.3 Å². The number of hydrogen-bond acceptors (Lipinski definition) is 4. The summed E-state index contributed by atoms with van der Waals surface area (Å²) in [6.07, 6.45) is 0. The van der Waals surface area contributed by atoms with Crippen LogP contribution in [0, 0.1) is 6.92 Å². The van der Waals surface area contributed by atoms with Crippen LogP contribution in [0.5, 0.6) is 5.75 Å². The number of benzene rings is 4. The highest BCUT2D eigenvalue weighted by molar-refractivity contribution is 6.31. The van der Waals surface area contributed by atoms with Crippen LogP contribution in [0.1, 0.15) is 5.56 Å². The molecule has 158 valence electrons. The molecule has 0 radical (unpaired) electrons. The number of hydrogen-bond donors (Lipinski definition) is 1. The summed E-state index contributed by atoms with van der Waals surface area (Å²) in [7, 11) is 0. The first-order valence-electron chi connectivity index (χ1n) is 10.1. The summed E-state index contributed by atoms with van der Waals surface area (Å²) in [4.78, 5) is 17.1. The van der Waals surface area contributed by atoms with E-state index in [2.05, 4.69) is 5.32 Å². The Balaban J connectivity index is 1.33. The number of amides is 1. The van der Waals surface area contributed by atoms with Crippen molar-refractivity contribution in [2.75, 3.05) is 11.9 Å². The van der Waals surface area contributed by atoms with Gasteiger partial charge >= 0.3 is 0 Å². The van der Waals surface area contributed by atoms with Crippen LogP contribution in [0.2, 0.25) is 5.02 Å². The maximum absolute atomic E-state index is 12.4. The third-order valence-corrected chi connectivity index (χ3v) is 5.60. The minimum Gasteiger partial charge on any atom is -0.484 e. The molecule has 1 heterocycles. The van der Waals surface area contributed by atoms with Crippen molar-refractivity contribution >= 4 is 45.1 Å². The number of ether oxygens (including phenoxy) is 1. The predicted octanol–water partition coefficient (Wildman–Crippen LogP) is 6.63. The van der Waals surface area contributed by atoms with Gasteiger partial charge in [-0.3, -0.25) is 4.79 Å². The monoisotopic (exact) mass is 442 g/mol. The number of nitrogens with one attached hydrogen (secondary N) is 1. The van der Waals surface area contributed by atoms with E-state index in [1.807, 2.05) is 67.6 Å². The second kappa shape index (κ2) is 8.36. The molecule has 0 bridgehead atoms. The molecule has 5 nitrogen and oxygen atoms in total. The third kappa shape index (κ3) is 4.03. The lowest BCUT2D eigenvalue weighted by atomic mass is 10.1. The van der Waals surface area contributed by atoms with Gasteiger partial charge in [0.05, 0.1) is 0 Å². The van der Waals surface area contributed by atoms with Gasteiger partial charge in [0.1, 0.15) is 11.3 Å². The molecule has 0 atom stereocenters. The fraction of sp³-hybridized carbons (Fsp3) is 0.0769. The van der Waals surface area contributed by atoms with E-state index >= 15 is 0 Å². The van der Waals surface area contributed by atoms with Crippen LogP contribution in [0.15, 0.2) is 83.3 Å². The third-order valence-electron chi connectivity index (χ3n) is 5.18. The van der Waals surface area contributed by atoms with E-state index in [9.17, 15) is 4.79 Å². The largest absolute Gasteiger partial charge is 0.484 e. The van der Waals surface area contributed by atoms with E-state index in [0.717, 1.165) is 33.0 Å². The Kier molecular flexibility index (Phi) is 5.25. The van der Waals surface area contributed by atoms with Gasteiger partial charge in [-0.25, -0.2) is 4.98 Å². The summed E-state index contributed by atoms with van der Waals surface area (Å²) < 4.78 is 11.6.